The summed E-state index contributed by atoms with van der Waals surface area (Å²) in [6.45, 7) is 0. The van der Waals surface area contributed by atoms with Crippen molar-refractivity contribution in [3.05, 3.63) is 65.1 Å². The van der Waals surface area contributed by atoms with Gasteiger partial charge in [-0.1, -0.05) is 23.7 Å². The Hall–Kier alpha value is -3.46. The molecule has 1 atom stereocenters. The molecule has 0 aliphatic carbocycles. The van der Waals surface area contributed by atoms with Gasteiger partial charge in [0, 0.05) is 37.2 Å². The molecule has 214 valence electrons. The standard InChI is InChI=1S/C25H28ClN5O7S2/c1-30-12-11-18(29-30)25-28-27-23(31(25)24-19(36-2)7-6-8-20(24)37-3)15-40(34,35)14-21(38-4)17-10-9-16(26)13-22(17)39(5,32)33/h6-13,21H,14-15H2,1-5H3/t21-/m1/s1. The van der Waals surface area contributed by atoms with Gasteiger partial charge in [0.2, 0.25) is 0 Å². The zero-order valence-electron chi connectivity index (χ0n) is 22.4. The molecule has 0 unspecified atom stereocenters. The molecule has 0 aliphatic heterocycles. The number of halogens is 1. The quantitative estimate of drug-likeness (QED) is 0.249. The van der Waals surface area contributed by atoms with Crippen LogP contribution in [0.25, 0.3) is 17.2 Å². The smallest absolute Gasteiger partial charge is 0.189 e. The number of methoxy groups -OCH3 is 3. The van der Waals surface area contributed by atoms with E-state index in [-0.39, 0.29) is 27.1 Å². The summed E-state index contributed by atoms with van der Waals surface area (Å²) >= 11 is 6.02. The van der Waals surface area contributed by atoms with Gasteiger partial charge in [0.25, 0.3) is 0 Å². The van der Waals surface area contributed by atoms with Crippen LogP contribution in [0.2, 0.25) is 5.02 Å². The zero-order valence-corrected chi connectivity index (χ0v) is 24.8. The molecule has 4 rings (SSSR count). The van der Waals surface area contributed by atoms with Gasteiger partial charge in [-0.25, -0.2) is 16.8 Å². The molecule has 2 aromatic carbocycles. The van der Waals surface area contributed by atoms with Crippen molar-refractivity contribution in [1.29, 1.82) is 0 Å². The van der Waals surface area contributed by atoms with Crippen LogP contribution in [-0.4, -0.2) is 74.7 Å². The first-order valence-corrected chi connectivity index (χ1v) is 15.9. The van der Waals surface area contributed by atoms with Crippen LogP contribution in [-0.2, 0) is 37.2 Å². The maximum atomic E-state index is 13.6. The summed E-state index contributed by atoms with van der Waals surface area (Å²) in [6, 6.07) is 11.1. The van der Waals surface area contributed by atoms with Crippen LogP contribution >= 0.6 is 11.6 Å². The zero-order chi connectivity index (χ0) is 29.2. The maximum Gasteiger partial charge on any atom is 0.189 e. The number of hydrogen-bond donors (Lipinski definition) is 0. The second-order valence-electron chi connectivity index (χ2n) is 8.89. The van der Waals surface area contributed by atoms with E-state index in [1.165, 1.54) is 44.1 Å². The highest BCUT2D eigenvalue weighted by Crippen LogP contribution is 2.37. The molecule has 12 nitrogen and oxygen atoms in total. The molecule has 0 aliphatic rings. The van der Waals surface area contributed by atoms with E-state index in [2.05, 4.69) is 15.3 Å². The summed E-state index contributed by atoms with van der Waals surface area (Å²) in [4.78, 5) is -0.110. The fourth-order valence-electron chi connectivity index (χ4n) is 4.26. The normalized spacial score (nSPS) is 12.8. The van der Waals surface area contributed by atoms with E-state index in [0.29, 0.717) is 22.9 Å². The largest absolute Gasteiger partial charge is 0.494 e. The predicted octanol–water partition coefficient (Wildman–Crippen LogP) is 3.04. The minimum atomic E-state index is -3.98. The van der Waals surface area contributed by atoms with Crippen molar-refractivity contribution in [3.63, 3.8) is 0 Å². The van der Waals surface area contributed by atoms with E-state index < -0.39 is 37.3 Å². The first-order valence-electron chi connectivity index (χ1n) is 11.8. The lowest BCUT2D eigenvalue weighted by Gasteiger charge is -2.20. The van der Waals surface area contributed by atoms with Crippen molar-refractivity contribution in [2.75, 3.05) is 33.3 Å². The molecule has 0 amide bonds. The Kier molecular flexibility index (Phi) is 8.54. The van der Waals surface area contributed by atoms with E-state index >= 15 is 0 Å². The number of benzene rings is 2. The summed E-state index contributed by atoms with van der Waals surface area (Å²) in [5, 5.41) is 13.1. The van der Waals surface area contributed by atoms with Crippen LogP contribution in [0.4, 0.5) is 0 Å². The van der Waals surface area contributed by atoms with Gasteiger partial charge in [-0.15, -0.1) is 10.2 Å². The van der Waals surface area contributed by atoms with Gasteiger partial charge in [0.1, 0.15) is 28.6 Å². The lowest BCUT2D eigenvalue weighted by Crippen LogP contribution is -2.21. The molecule has 0 saturated heterocycles. The molecule has 0 fully saturated rings. The fourth-order valence-corrected chi connectivity index (χ4v) is 6.94. The number of sulfone groups is 2. The second-order valence-corrected chi connectivity index (χ2v) is 13.4. The molecular formula is C25H28ClN5O7S2. The van der Waals surface area contributed by atoms with Crippen LogP contribution in [0.1, 0.15) is 17.5 Å². The molecule has 4 aromatic rings. The molecule has 0 spiro atoms. The summed E-state index contributed by atoms with van der Waals surface area (Å²) in [5.41, 5.74) is 1.02. The number of hydrogen-bond acceptors (Lipinski definition) is 10. The van der Waals surface area contributed by atoms with Gasteiger partial charge in [-0.3, -0.25) is 9.25 Å². The van der Waals surface area contributed by atoms with E-state index in [4.69, 9.17) is 25.8 Å². The highest BCUT2D eigenvalue weighted by Gasteiger charge is 2.30. The number of aryl methyl sites for hydroxylation is 1. The molecule has 15 heteroatoms. The molecule has 0 saturated carbocycles. The van der Waals surface area contributed by atoms with Gasteiger partial charge < -0.3 is 14.2 Å². The van der Waals surface area contributed by atoms with Crippen molar-refractivity contribution in [1.82, 2.24) is 24.5 Å². The third-order valence-electron chi connectivity index (χ3n) is 6.06. The summed E-state index contributed by atoms with van der Waals surface area (Å²) in [7, 11) is -1.70. The first-order chi connectivity index (χ1) is 18.9. The van der Waals surface area contributed by atoms with Crippen molar-refractivity contribution >= 4 is 31.3 Å². The third-order valence-corrected chi connectivity index (χ3v) is 8.96. The predicted molar refractivity (Wildman–Crippen MR) is 148 cm³/mol. The van der Waals surface area contributed by atoms with E-state index in [1.807, 2.05) is 0 Å². The Labute approximate surface area is 237 Å². The van der Waals surface area contributed by atoms with Crippen molar-refractivity contribution < 1.29 is 31.0 Å². The van der Waals surface area contributed by atoms with Gasteiger partial charge in [-0.05, 0) is 30.3 Å². The number of para-hydroxylation sites is 1. The summed E-state index contributed by atoms with van der Waals surface area (Å²) < 4.78 is 71.8. The van der Waals surface area contributed by atoms with Crippen LogP contribution in [0.15, 0.2) is 53.6 Å². The average molecular weight is 610 g/mol. The monoisotopic (exact) mass is 609 g/mol. The van der Waals surface area contributed by atoms with Crippen molar-refractivity contribution in [2.24, 2.45) is 7.05 Å². The van der Waals surface area contributed by atoms with Gasteiger partial charge in [-0.2, -0.15) is 5.10 Å². The van der Waals surface area contributed by atoms with Crippen LogP contribution < -0.4 is 9.47 Å². The lowest BCUT2D eigenvalue weighted by molar-refractivity contribution is 0.119. The number of nitrogens with zero attached hydrogens (tertiary/aromatic N) is 5. The highest BCUT2D eigenvalue weighted by molar-refractivity contribution is 7.91. The van der Waals surface area contributed by atoms with Gasteiger partial charge in [0.05, 0.1) is 31.0 Å². The van der Waals surface area contributed by atoms with Crippen molar-refractivity contribution in [3.8, 4) is 28.7 Å². The van der Waals surface area contributed by atoms with Gasteiger partial charge in [0.15, 0.2) is 31.3 Å². The Morgan fingerprint density at radius 2 is 1.65 bits per heavy atom. The van der Waals surface area contributed by atoms with E-state index in [1.54, 1.807) is 42.2 Å². The molecule has 40 heavy (non-hydrogen) atoms. The molecule has 0 bridgehead atoms. The molecule has 0 N–H and O–H groups in total. The third kappa shape index (κ3) is 6.14. The Balaban J connectivity index is 1.81. The highest BCUT2D eigenvalue weighted by atomic mass is 35.5. The summed E-state index contributed by atoms with van der Waals surface area (Å²) in [5.74, 6) is 0.0252. The maximum absolute atomic E-state index is 13.6. The lowest BCUT2D eigenvalue weighted by atomic mass is 10.1. The van der Waals surface area contributed by atoms with Crippen molar-refractivity contribution in [2.45, 2.75) is 16.8 Å². The van der Waals surface area contributed by atoms with Crippen LogP contribution in [0, 0.1) is 0 Å². The fraction of sp³-hybridized carbons (Fsp3) is 0.320. The van der Waals surface area contributed by atoms with E-state index in [9.17, 15) is 16.8 Å². The molecule has 2 aromatic heterocycles. The molecule has 2 heterocycles. The Morgan fingerprint density at radius 1 is 0.975 bits per heavy atom. The molecule has 0 radical (unpaired) electrons. The Bertz CT molecular complexity index is 1730. The minimum absolute atomic E-state index is 0.0674. The number of ether oxygens (including phenoxy) is 3. The second kappa shape index (κ2) is 11.6. The first kappa shape index (κ1) is 29.5. The average Bonchev–Trinajstić information content (AvgIpc) is 3.51. The van der Waals surface area contributed by atoms with Crippen LogP contribution in [0.3, 0.4) is 0 Å². The Morgan fingerprint density at radius 3 is 2.20 bits per heavy atom. The minimum Gasteiger partial charge on any atom is -0.494 e. The number of aromatic nitrogens is 5. The SMILES string of the molecule is COc1cccc(OC)c1-n1c(CS(=O)(=O)C[C@@H](OC)c2ccc(Cl)cc2S(C)(=O)=O)nnc1-c1ccn(C)n1. The topological polar surface area (TPSA) is 144 Å². The van der Waals surface area contributed by atoms with E-state index in [0.717, 1.165) is 6.26 Å². The molecular weight excluding hydrogens is 582 g/mol. The van der Waals surface area contributed by atoms with Gasteiger partial charge >= 0.3 is 0 Å². The van der Waals surface area contributed by atoms with Crippen LogP contribution in [0.5, 0.6) is 11.5 Å². The number of rotatable bonds is 11. The summed E-state index contributed by atoms with van der Waals surface area (Å²) in [6.07, 6.45) is 1.64.